The second-order valence-electron chi connectivity index (χ2n) is 2.96. The van der Waals surface area contributed by atoms with Crippen LogP contribution in [0.15, 0.2) is 17.5 Å². The average Bonchev–Trinajstić information content (AvgIpc) is 2.68. The molecule has 0 unspecified atom stereocenters. The fourth-order valence-electron chi connectivity index (χ4n) is 1.46. The molecule has 4 heteroatoms. The van der Waals surface area contributed by atoms with Crippen LogP contribution in [0.5, 0.6) is 0 Å². The van der Waals surface area contributed by atoms with E-state index in [2.05, 4.69) is 15.9 Å². The van der Waals surface area contributed by atoms with Crippen LogP contribution in [-0.2, 0) is 11.9 Å². The van der Waals surface area contributed by atoms with Gasteiger partial charge < -0.3 is 5.11 Å². The summed E-state index contributed by atoms with van der Waals surface area (Å²) >= 11 is 4.59. The molecule has 1 aromatic heterocycles. The van der Waals surface area contributed by atoms with E-state index in [4.69, 9.17) is 5.11 Å². The fraction of sp³-hybridized carbons (Fsp3) is 0.200. The fourth-order valence-corrected chi connectivity index (χ4v) is 2.77. The maximum Gasteiger partial charge on any atom is 0.145 e. The minimum Gasteiger partial charge on any atom is -0.392 e. The SMILES string of the molecule is OCc1cc(CBr)c(F)c2sccc12. The van der Waals surface area contributed by atoms with E-state index in [1.807, 2.05) is 11.4 Å². The number of fused-ring (bicyclic) bond motifs is 1. The summed E-state index contributed by atoms with van der Waals surface area (Å²) in [5, 5.41) is 12.3. The first-order chi connectivity index (χ1) is 6.77. The van der Waals surface area contributed by atoms with Crippen molar-refractivity contribution >= 4 is 37.4 Å². The molecule has 0 saturated heterocycles. The number of thiophene rings is 1. The number of halogens is 2. The molecular weight excluding hydrogens is 267 g/mol. The van der Waals surface area contributed by atoms with E-state index in [1.54, 1.807) is 6.07 Å². The summed E-state index contributed by atoms with van der Waals surface area (Å²) in [6.07, 6.45) is 0. The van der Waals surface area contributed by atoms with Crippen molar-refractivity contribution in [2.45, 2.75) is 11.9 Å². The Morgan fingerprint density at radius 2 is 2.21 bits per heavy atom. The highest BCUT2D eigenvalue weighted by Gasteiger charge is 2.11. The second kappa shape index (κ2) is 3.96. The zero-order chi connectivity index (χ0) is 10.1. The summed E-state index contributed by atoms with van der Waals surface area (Å²) in [7, 11) is 0. The molecular formula is C10H8BrFOS. The molecule has 0 saturated carbocycles. The largest absolute Gasteiger partial charge is 0.392 e. The van der Waals surface area contributed by atoms with Crippen LogP contribution >= 0.6 is 27.3 Å². The number of hydrogen-bond acceptors (Lipinski definition) is 2. The van der Waals surface area contributed by atoms with Gasteiger partial charge in [0.1, 0.15) is 5.82 Å². The van der Waals surface area contributed by atoms with Crippen molar-refractivity contribution in [1.29, 1.82) is 0 Å². The van der Waals surface area contributed by atoms with Gasteiger partial charge in [0, 0.05) is 16.3 Å². The first-order valence-corrected chi connectivity index (χ1v) is 6.12. The maximum atomic E-state index is 13.7. The zero-order valence-corrected chi connectivity index (χ0v) is 9.66. The van der Waals surface area contributed by atoms with Crippen LogP contribution in [0.2, 0.25) is 0 Å². The summed E-state index contributed by atoms with van der Waals surface area (Å²) in [6, 6.07) is 3.55. The van der Waals surface area contributed by atoms with Gasteiger partial charge in [-0.25, -0.2) is 4.39 Å². The molecule has 1 heterocycles. The predicted octanol–water partition coefficient (Wildman–Crippen LogP) is 3.43. The van der Waals surface area contributed by atoms with Gasteiger partial charge in [-0.1, -0.05) is 15.9 Å². The quantitative estimate of drug-likeness (QED) is 0.832. The van der Waals surface area contributed by atoms with Gasteiger partial charge in [-0.2, -0.15) is 0 Å². The lowest BCUT2D eigenvalue weighted by atomic mass is 10.1. The number of aliphatic hydroxyl groups excluding tert-OH is 1. The number of alkyl halides is 1. The standard InChI is InChI=1S/C10H8BrFOS/c11-4-6-3-7(5-13)8-1-2-14-10(8)9(6)12/h1-3,13H,4-5H2. The van der Waals surface area contributed by atoms with Crippen LogP contribution in [0.4, 0.5) is 4.39 Å². The van der Waals surface area contributed by atoms with Crippen molar-refractivity contribution in [3.8, 4) is 0 Å². The average molecular weight is 275 g/mol. The topological polar surface area (TPSA) is 20.2 Å². The second-order valence-corrected chi connectivity index (χ2v) is 4.44. The third kappa shape index (κ3) is 1.47. The minimum atomic E-state index is -0.177. The highest BCUT2D eigenvalue weighted by atomic mass is 79.9. The highest BCUT2D eigenvalue weighted by Crippen LogP contribution is 2.30. The van der Waals surface area contributed by atoms with Crippen molar-refractivity contribution in [2.24, 2.45) is 0 Å². The third-order valence-corrected chi connectivity index (χ3v) is 3.67. The van der Waals surface area contributed by atoms with Crippen LogP contribution in [0.1, 0.15) is 11.1 Å². The lowest BCUT2D eigenvalue weighted by Crippen LogP contribution is -1.92. The van der Waals surface area contributed by atoms with Crippen molar-refractivity contribution in [3.05, 3.63) is 34.5 Å². The summed E-state index contributed by atoms with van der Waals surface area (Å²) in [5.74, 6) is -0.177. The molecule has 14 heavy (non-hydrogen) atoms. The summed E-state index contributed by atoms with van der Waals surface area (Å²) in [5.41, 5.74) is 1.39. The van der Waals surface area contributed by atoms with E-state index in [9.17, 15) is 4.39 Å². The Hall–Kier alpha value is -0.450. The molecule has 1 nitrogen and oxygen atoms in total. The normalized spacial score (nSPS) is 11.1. The number of hydrogen-bond donors (Lipinski definition) is 1. The molecule has 0 radical (unpaired) electrons. The smallest absolute Gasteiger partial charge is 0.145 e. The molecule has 0 atom stereocenters. The first kappa shape index (κ1) is 10.1. The Morgan fingerprint density at radius 1 is 1.43 bits per heavy atom. The molecule has 2 rings (SSSR count). The highest BCUT2D eigenvalue weighted by molar-refractivity contribution is 9.08. The molecule has 0 aliphatic rings. The number of rotatable bonds is 2. The van der Waals surface area contributed by atoms with Gasteiger partial charge in [-0.05, 0) is 23.1 Å². The molecule has 0 aliphatic heterocycles. The van der Waals surface area contributed by atoms with Crippen molar-refractivity contribution in [3.63, 3.8) is 0 Å². The van der Waals surface area contributed by atoms with Crippen LogP contribution in [-0.4, -0.2) is 5.11 Å². The summed E-state index contributed by atoms with van der Waals surface area (Å²) in [4.78, 5) is 0. The van der Waals surface area contributed by atoms with E-state index in [0.29, 0.717) is 15.6 Å². The van der Waals surface area contributed by atoms with E-state index in [1.165, 1.54) is 11.3 Å². The Bertz CT molecular complexity index is 466. The molecule has 0 fully saturated rings. The molecule has 0 amide bonds. The van der Waals surface area contributed by atoms with Gasteiger partial charge in [-0.15, -0.1) is 11.3 Å². The van der Waals surface area contributed by atoms with Crippen LogP contribution in [0.25, 0.3) is 10.1 Å². The van der Waals surface area contributed by atoms with Gasteiger partial charge in [0.2, 0.25) is 0 Å². The Balaban J connectivity index is 2.80. The van der Waals surface area contributed by atoms with Gasteiger partial charge in [0.25, 0.3) is 0 Å². The van der Waals surface area contributed by atoms with Crippen LogP contribution in [0, 0.1) is 5.82 Å². The molecule has 0 aliphatic carbocycles. The Kier molecular flexibility index (Phi) is 2.85. The van der Waals surface area contributed by atoms with E-state index in [-0.39, 0.29) is 12.4 Å². The number of benzene rings is 1. The molecule has 0 spiro atoms. The van der Waals surface area contributed by atoms with Crippen LogP contribution in [0.3, 0.4) is 0 Å². The molecule has 2 aromatic rings. The number of aliphatic hydroxyl groups is 1. The van der Waals surface area contributed by atoms with Crippen LogP contribution < -0.4 is 0 Å². The minimum absolute atomic E-state index is 0.0481. The molecule has 1 N–H and O–H groups in total. The first-order valence-electron chi connectivity index (χ1n) is 4.12. The van der Waals surface area contributed by atoms with Crippen molar-refractivity contribution < 1.29 is 9.50 Å². The lowest BCUT2D eigenvalue weighted by Gasteiger charge is -2.04. The Morgan fingerprint density at radius 3 is 2.86 bits per heavy atom. The van der Waals surface area contributed by atoms with E-state index < -0.39 is 0 Å². The molecule has 74 valence electrons. The van der Waals surface area contributed by atoms with Gasteiger partial charge in [0.05, 0.1) is 11.3 Å². The third-order valence-electron chi connectivity index (χ3n) is 2.16. The van der Waals surface area contributed by atoms with Gasteiger partial charge in [0.15, 0.2) is 0 Å². The zero-order valence-electron chi connectivity index (χ0n) is 7.26. The monoisotopic (exact) mass is 274 g/mol. The molecule has 1 aromatic carbocycles. The summed E-state index contributed by atoms with van der Waals surface area (Å²) < 4.78 is 14.3. The predicted molar refractivity (Wildman–Crippen MR) is 60.3 cm³/mol. The van der Waals surface area contributed by atoms with E-state index in [0.717, 1.165) is 10.9 Å². The Labute approximate surface area is 93.3 Å². The van der Waals surface area contributed by atoms with Gasteiger partial charge >= 0.3 is 0 Å². The lowest BCUT2D eigenvalue weighted by molar-refractivity contribution is 0.283. The maximum absolute atomic E-state index is 13.7. The molecule has 0 bridgehead atoms. The summed E-state index contributed by atoms with van der Waals surface area (Å²) in [6.45, 7) is -0.0481. The van der Waals surface area contributed by atoms with E-state index >= 15 is 0 Å². The van der Waals surface area contributed by atoms with Gasteiger partial charge in [-0.3, -0.25) is 0 Å². The van der Waals surface area contributed by atoms with Crippen molar-refractivity contribution in [1.82, 2.24) is 0 Å². The van der Waals surface area contributed by atoms with Crippen molar-refractivity contribution in [2.75, 3.05) is 0 Å².